The second-order valence-corrected chi connectivity index (χ2v) is 5.93. The summed E-state index contributed by atoms with van der Waals surface area (Å²) in [4.78, 5) is 7.00. The molecule has 0 aromatic carbocycles. The fourth-order valence-electron chi connectivity index (χ4n) is 1.84. The summed E-state index contributed by atoms with van der Waals surface area (Å²) in [5.41, 5.74) is 0.912. The SMILES string of the molecule is CCCNC(c1ccc(C)s1)c1ncccc1Cl. The van der Waals surface area contributed by atoms with Crippen molar-refractivity contribution in [3.63, 3.8) is 0 Å². The van der Waals surface area contributed by atoms with Gasteiger partial charge in [0.25, 0.3) is 0 Å². The molecule has 0 radical (unpaired) electrons. The average Bonchev–Trinajstić information content (AvgIpc) is 2.78. The van der Waals surface area contributed by atoms with Crippen LogP contribution in [0.2, 0.25) is 5.02 Å². The van der Waals surface area contributed by atoms with Crippen molar-refractivity contribution in [3.05, 3.63) is 50.9 Å². The molecule has 1 unspecified atom stereocenters. The van der Waals surface area contributed by atoms with Gasteiger partial charge in [0.1, 0.15) is 0 Å². The number of hydrogen-bond acceptors (Lipinski definition) is 3. The largest absolute Gasteiger partial charge is 0.304 e. The Bertz CT molecular complexity index is 510. The third kappa shape index (κ3) is 3.10. The monoisotopic (exact) mass is 280 g/mol. The lowest BCUT2D eigenvalue weighted by molar-refractivity contribution is 0.594. The van der Waals surface area contributed by atoms with E-state index in [2.05, 4.69) is 36.3 Å². The molecule has 0 bridgehead atoms. The van der Waals surface area contributed by atoms with Crippen LogP contribution < -0.4 is 5.32 Å². The van der Waals surface area contributed by atoms with Crippen LogP contribution in [0.15, 0.2) is 30.5 Å². The van der Waals surface area contributed by atoms with Crippen LogP contribution >= 0.6 is 22.9 Å². The highest BCUT2D eigenvalue weighted by molar-refractivity contribution is 7.12. The number of halogens is 1. The van der Waals surface area contributed by atoms with Gasteiger partial charge in [-0.05, 0) is 44.2 Å². The van der Waals surface area contributed by atoms with Gasteiger partial charge in [0.2, 0.25) is 0 Å². The third-order valence-electron chi connectivity index (χ3n) is 2.70. The van der Waals surface area contributed by atoms with E-state index in [1.165, 1.54) is 9.75 Å². The van der Waals surface area contributed by atoms with Gasteiger partial charge in [0.15, 0.2) is 0 Å². The maximum absolute atomic E-state index is 6.26. The Balaban J connectivity index is 2.33. The van der Waals surface area contributed by atoms with E-state index in [9.17, 15) is 0 Å². The quantitative estimate of drug-likeness (QED) is 0.888. The van der Waals surface area contributed by atoms with Crippen LogP contribution in [0.4, 0.5) is 0 Å². The summed E-state index contributed by atoms with van der Waals surface area (Å²) in [7, 11) is 0. The van der Waals surface area contributed by atoms with E-state index in [-0.39, 0.29) is 6.04 Å². The highest BCUT2D eigenvalue weighted by Crippen LogP contribution is 2.30. The second kappa shape index (κ2) is 6.32. The lowest BCUT2D eigenvalue weighted by Crippen LogP contribution is -2.23. The first-order valence-electron chi connectivity index (χ1n) is 6.12. The lowest BCUT2D eigenvalue weighted by atomic mass is 10.1. The number of nitrogens with zero attached hydrogens (tertiary/aromatic N) is 1. The molecule has 0 saturated heterocycles. The van der Waals surface area contributed by atoms with E-state index in [1.54, 1.807) is 17.5 Å². The highest BCUT2D eigenvalue weighted by Gasteiger charge is 2.18. The van der Waals surface area contributed by atoms with Crippen molar-refractivity contribution in [1.82, 2.24) is 10.3 Å². The Morgan fingerprint density at radius 2 is 2.22 bits per heavy atom. The molecular weight excluding hydrogens is 264 g/mol. The Hall–Kier alpha value is -0.900. The maximum atomic E-state index is 6.26. The Labute approximate surface area is 117 Å². The molecular formula is C14H17ClN2S. The molecule has 4 heteroatoms. The van der Waals surface area contributed by atoms with E-state index in [4.69, 9.17) is 11.6 Å². The molecule has 2 heterocycles. The van der Waals surface area contributed by atoms with E-state index in [0.717, 1.165) is 23.7 Å². The zero-order valence-corrected chi connectivity index (χ0v) is 12.2. The van der Waals surface area contributed by atoms with Crippen molar-refractivity contribution >= 4 is 22.9 Å². The van der Waals surface area contributed by atoms with Gasteiger partial charge in [-0.15, -0.1) is 11.3 Å². The van der Waals surface area contributed by atoms with Gasteiger partial charge in [0.05, 0.1) is 16.8 Å². The van der Waals surface area contributed by atoms with Crippen molar-refractivity contribution in [2.75, 3.05) is 6.54 Å². The first-order chi connectivity index (χ1) is 8.72. The maximum Gasteiger partial charge on any atom is 0.0860 e. The Morgan fingerprint density at radius 3 is 2.83 bits per heavy atom. The molecule has 1 N–H and O–H groups in total. The predicted octanol–water partition coefficient (Wildman–Crippen LogP) is 4.19. The number of pyridine rings is 1. The van der Waals surface area contributed by atoms with Crippen LogP contribution in [-0.4, -0.2) is 11.5 Å². The number of aromatic nitrogens is 1. The number of thiophene rings is 1. The Morgan fingerprint density at radius 1 is 1.39 bits per heavy atom. The molecule has 2 nitrogen and oxygen atoms in total. The van der Waals surface area contributed by atoms with Crippen LogP contribution in [0.1, 0.15) is 34.8 Å². The van der Waals surface area contributed by atoms with Crippen molar-refractivity contribution in [2.24, 2.45) is 0 Å². The van der Waals surface area contributed by atoms with Gasteiger partial charge in [-0.3, -0.25) is 4.98 Å². The van der Waals surface area contributed by atoms with E-state index >= 15 is 0 Å². The molecule has 2 rings (SSSR count). The molecule has 0 saturated carbocycles. The van der Waals surface area contributed by atoms with E-state index in [0.29, 0.717) is 0 Å². The predicted molar refractivity (Wildman–Crippen MR) is 78.4 cm³/mol. The summed E-state index contributed by atoms with van der Waals surface area (Å²) in [5.74, 6) is 0. The lowest BCUT2D eigenvalue weighted by Gasteiger charge is -2.17. The molecule has 0 fully saturated rings. The minimum Gasteiger partial charge on any atom is -0.304 e. The summed E-state index contributed by atoms with van der Waals surface area (Å²) in [6.07, 6.45) is 2.88. The molecule has 2 aromatic rings. The van der Waals surface area contributed by atoms with Crippen LogP contribution in [0, 0.1) is 6.92 Å². The van der Waals surface area contributed by atoms with Crippen LogP contribution in [0.25, 0.3) is 0 Å². The van der Waals surface area contributed by atoms with Gasteiger partial charge in [0, 0.05) is 16.0 Å². The van der Waals surface area contributed by atoms with Crippen molar-refractivity contribution in [1.29, 1.82) is 0 Å². The van der Waals surface area contributed by atoms with Gasteiger partial charge in [-0.2, -0.15) is 0 Å². The van der Waals surface area contributed by atoms with E-state index in [1.807, 2.05) is 12.1 Å². The van der Waals surface area contributed by atoms with E-state index < -0.39 is 0 Å². The normalized spacial score (nSPS) is 12.6. The molecule has 0 spiro atoms. The van der Waals surface area contributed by atoms with Crippen LogP contribution in [0.3, 0.4) is 0 Å². The minimum absolute atomic E-state index is 0.0948. The number of aryl methyl sites for hydroxylation is 1. The molecule has 2 aromatic heterocycles. The molecule has 0 aliphatic carbocycles. The molecule has 1 atom stereocenters. The number of nitrogens with one attached hydrogen (secondary N) is 1. The Kier molecular flexibility index (Phi) is 4.75. The topological polar surface area (TPSA) is 24.9 Å². The molecule has 0 aliphatic heterocycles. The standard InChI is InChI=1S/C14H17ClN2S/c1-3-8-16-14(12-7-6-10(2)18-12)13-11(15)5-4-9-17-13/h4-7,9,14,16H,3,8H2,1-2H3. The smallest absolute Gasteiger partial charge is 0.0860 e. The molecule has 0 amide bonds. The summed E-state index contributed by atoms with van der Waals surface area (Å²) in [6, 6.07) is 8.14. The molecule has 96 valence electrons. The first-order valence-corrected chi connectivity index (χ1v) is 7.32. The zero-order chi connectivity index (χ0) is 13.0. The summed E-state index contributed by atoms with van der Waals surface area (Å²) in [6.45, 7) is 5.23. The fraction of sp³-hybridized carbons (Fsp3) is 0.357. The number of rotatable bonds is 5. The summed E-state index contributed by atoms with van der Waals surface area (Å²) < 4.78 is 0. The van der Waals surface area contributed by atoms with Gasteiger partial charge < -0.3 is 5.32 Å². The fourth-order valence-corrected chi connectivity index (χ4v) is 3.03. The van der Waals surface area contributed by atoms with Crippen LogP contribution in [0.5, 0.6) is 0 Å². The molecule has 18 heavy (non-hydrogen) atoms. The van der Waals surface area contributed by atoms with Crippen molar-refractivity contribution in [2.45, 2.75) is 26.3 Å². The first kappa shape index (κ1) is 13.5. The van der Waals surface area contributed by atoms with Crippen molar-refractivity contribution in [3.8, 4) is 0 Å². The van der Waals surface area contributed by atoms with Gasteiger partial charge in [-0.1, -0.05) is 18.5 Å². The average molecular weight is 281 g/mol. The van der Waals surface area contributed by atoms with Crippen molar-refractivity contribution < 1.29 is 0 Å². The van der Waals surface area contributed by atoms with Gasteiger partial charge in [-0.25, -0.2) is 0 Å². The second-order valence-electron chi connectivity index (χ2n) is 4.21. The zero-order valence-electron chi connectivity index (χ0n) is 10.6. The van der Waals surface area contributed by atoms with Crippen LogP contribution in [-0.2, 0) is 0 Å². The summed E-state index contributed by atoms with van der Waals surface area (Å²) in [5, 5.41) is 4.24. The molecule has 0 aliphatic rings. The minimum atomic E-state index is 0.0948. The van der Waals surface area contributed by atoms with Gasteiger partial charge >= 0.3 is 0 Å². The summed E-state index contributed by atoms with van der Waals surface area (Å²) >= 11 is 8.05. The highest BCUT2D eigenvalue weighted by atomic mass is 35.5. The number of hydrogen-bond donors (Lipinski definition) is 1. The third-order valence-corrected chi connectivity index (χ3v) is 4.09.